The number of nitrogens with zero attached hydrogens (tertiary/aromatic N) is 1. The predicted octanol–water partition coefficient (Wildman–Crippen LogP) is 1.33. The number of esters is 1. The van der Waals surface area contributed by atoms with Crippen LogP contribution in [0.15, 0.2) is 0 Å². The molecule has 1 saturated heterocycles. The zero-order chi connectivity index (χ0) is 15.5. The lowest BCUT2D eigenvalue weighted by Gasteiger charge is -2.36. The van der Waals surface area contributed by atoms with E-state index in [4.69, 9.17) is 17.0 Å². The molecule has 1 rings (SSSR count). The van der Waals surface area contributed by atoms with Crippen molar-refractivity contribution in [1.82, 2.24) is 4.90 Å². The first-order valence-electron chi connectivity index (χ1n) is 5.93. The lowest BCUT2D eigenvalue weighted by atomic mass is 9.99. The summed E-state index contributed by atoms with van der Waals surface area (Å²) in [6, 6.07) is 0. The molecule has 1 aliphatic rings. The predicted molar refractivity (Wildman–Crippen MR) is 77.9 cm³/mol. The topological polar surface area (TPSA) is 72.9 Å². The number of rotatable bonds is 2. The van der Waals surface area contributed by atoms with Crippen LogP contribution >= 0.6 is 24.0 Å². The van der Waals surface area contributed by atoms with E-state index < -0.39 is 23.2 Å². The minimum atomic E-state index is -1.06. The summed E-state index contributed by atoms with van der Waals surface area (Å²) in [5.74, 6) is -2.46. The summed E-state index contributed by atoms with van der Waals surface area (Å²) in [5.41, 5.74) is -0.0401. The normalized spacial score (nSPS) is 18.3. The van der Waals surface area contributed by atoms with Gasteiger partial charge >= 0.3 is 11.9 Å². The maximum Gasteiger partial charge on any atom is 0.397 e. The Morgan fingerprint density at radius 3 is 2.50 bits per heavy atom. The van der Waals surface area contributed by atoms with Gasteiger partial charge in [-0.25, -0.2) is 4.79 Å². The van der Waals surface area contributed by atoms with Crippen molar-refractivity contribution in [2.75, 3.05) is 13.7 Å². The van der Waals surface area contributed by atoms with Crippen LogP contribution in [-0.4, -0.2) is 46.2 Å². The molecule has 0 aromatic rings. The molecule has 0 N–H and O–H groups in total. The molecular weight excluding hydrogens is 302 g/mol. The number of carbonyl (C=O) groups is 3. The molecule has 1 aliphatic heterocycles. The van der Waals surface area contributed by atoms with E-state index in [1.54, 1.807) is 0 Å². The van der Waals surface area contributed by atoms with Crippen LogP contribution in [0, 0.1) is 5.41 Å². The highest BCUT2D eigenvalue weighted by Crippen LogP contribution is 2.31. The summed E-state index contributed by atoms with van der Waals surface area (Å²) < 4.78 is 9.95. The van der Waals surface area contributed by atoms with Gasteiger partial charge in [0, 0.05) is 0 Å². The average Bonchev–Trinajstić information content (AvgIpc) is 2.33. The maximum atomic E-state index is 11.6. The van der Waals surface area contributed by atoms with Crippen LogP contribution in [0.1, 0.15) is 27.2 Å². The molecule has 6 nitrogen and oxygen atoms in total. The number of β-lactam (4-membered cyclic amide) rings is 1. The number of hydrogen-bond donors (Lipinski definition) is 0. The fourth-order valence-corrected chi connectivity index (χ4v) is 2.62. The van der Waals surface area contributed by atoms with E-state index in [0.29, 0.717) is 6.61 Å². The molecule has 0 saturated carbocycles. The van der Waals surface area contributed by atoms with Crippen molar-refractivity contribution in [3.05, 3.63) is 0 Å². The monoisotopic (exact) mass is 319 g/mol. The second kappa shape index (κ2) is 6.53. The molecule has 1 atom stereocenters. The van der Waals surface area contributed by atoms with Gasteiger partial charge in [-0.3, -0.25) is 14.5 Å². The fraction of sp³-hybridized carbons (Fsp3) is 0.667. The molecule has 0 spiro atoms. The number of ether oxygens (including phenoxy) is 2. The second-order valence-electron chi connectivity index (χ2n) is 5.44. The second-order valence-corrected chi connectivity index (χ2v) is 7.22. The highest BCUT2D eigenvalue weighted by Gasteiger charge is 2.45. The van der Waals surface area contributed by atoms with Gasteiger partial charge in [0.1, 0.15) is 5.37 Å². The van der Waals surface area contributed by atoms with E-state index >= 15 is 0 Å². The smallest absolute Gasteiger partial charge is 0.397 e. The molecule has 112 valence electrons. The molecule has 0 radical (unpaired) electrons. The number of methoxy groups -OCH3 is 1. The van der Waals surface area contributed by atoms with Crippen LogP contribution in [-0.2, 0) is 23.9 Å². The van der Waals surface area contributed by atoms with Crippen molar-refractivity contribution in [3.8, 4) is 0 Å². The van der Waals surface area contributed by atoms with Gasteiger partial charge in [-0.1, -0.05) is 32.5 Å². The minimum absolute atomic E-state index is 0.0401. The van der Waals surface area contributed by atoms with Crippen molar-refractivity contribution >= 4 is 46.1 Å². The van der Waals surface area contributed by atoms with Crippen molar-refractivity contribution in [3.63, 3.8) is 0 Å². The number of thioether (sulfide) groups is 1. The van der Waals surface area contributed by atoms with Crippen LogP contribution in [0.5, 0.6) is 0 Å². The Bertz CT molecular complexity index is 444. The number of carbonyl (C=O) groups excluding carboxylic acids is 3. The number of likely N-dealkylation sites (tertiary alicyclic amines) is 1. The Hall–Kier alpha value is -1.15. The molecule has 20 heavy (non-hydrogen) atoms. The summed E-state index contributed by atoms with van der Waals surface area (Å²) in [6.07, 6.45) is 0.145. The Morgan fingerprint density at radius 1 is 1.45 bits per heavy atom. The van der Waals surface area contributed by atoms with E-state index in [9.17, 15) is 14.4 Å². The molecule has 0 aliphatic carbocycles. The maximum absolute atomic E-state index is 11.6. The SMILES string of the molecule is COC(=O)C(=O)N1C(=O)CC1SC(=S)OCC(C)(C)C. The van der Waals surface area contributed by atoms with E-state index in [2.05, 4.69) is 4.74 Å². The Kier molecular flexibility index (Phi) is 5.52. The van der Waals surface area contributed by atoms with Gasteiger partial charge < -0.3 is 9.47 Å². The molecule has 1 fully saturated rings. The number of thiocarbonyl (C=S) groups is 1. The molecular formula is C12H17NO5S2. The minimum Gasteiger partial charge on any atom is -0.478 e. The Labute approximate surface area is 127 Å². The lowest BCUT2D eigenvalue weighted by molar-refractivity contribution is -0.166. The van der Waals surface area contributed by atoms with Gasteiger partial charge in [0.15, 0.2) is 0 Å². The van der Waals surface area contributed by atoms with Crippen LogP contribution in [0.4, 0.5) is 0 Å². The summed E-state index contributed by atoms with van der Waals surface area (Å²) in [4.78, 5) is 35.0. The zero-order valence-corrected chi connectivity index (χ0v) is 13.4. The number of hydrogen-bond acceptors (Lipinski definition) is 7. The van der Waals surface area contributed by atoms with Gasteiger partial charge in [-0.05, 0) is 17.6 Å². The quantitative estimate of drug-likeness (QED) is 0.329. The summed E-state index contributed by atoms with van der Waals surface area (Å²) in [6.45, 7) is 6.44. The van der Waals surface area contributed by atoms with Gasteiger partial charge in [0.05, 0.1) is 20.1 Å². The third kappa shape index (κ3) is 4.45. The van der Waals surface area contributed by atoms with Crippen LogP contribution in [0.25, 0.3) is 0 Å². The third-order valence-electron chi connectivity index (χ3n) is 2.34. The molecule has 8 heteroatoms. The zero-order valence-electron chi connectivity index (χ0n) is 11.8. The van der Waals surface area contributed by atoms with Crippen LogP contribution < -0.4 is 0 Å². The van der Waals surface area contributed by atoms with Crippen molar-refractivity contribution in [2.45, 2.75) is 32.6 Å². The van der Waals surface area contributed by atoms with E-state index in [1.165, 1.54) is 0 Å². The van der Waals surface area contributed by atoms with E-state index in [-0.39, 0.29) is 16.2 Å². The molecule has 0 aromatic carbocycles. The van der Waals surface area contributed by atoms with E-state index in [1.807, 2.05) is 20.8 Å². The van der Waals surface area contributed by atoms with Gasteiger partial charge in [-0.15, -0.1) is 0 Å². The van der Waals surface area contributed by atoms with Gasteiger partial charge in [0.2, 0.25) is 10.3 Å². The summed E-state index contributed by atoms with van der Waals surface area (Å²) in [7, 11) is 1.09. The molecule has 2 amide bonds. The molecule has 1 heterocycles. The van der Waals surface area contributed by atoms with Crippen LogP contribution in [0.2, 0.25) is 0 Å². The van der Waals surface area contributed by atoms with Crippen LogP contribution in [0.3, 0.4) is 0 Å². The standard InChI is InChI=1S/C12H17NO5S2/c1-12(2,3)6-18-11(19)20-8-5-7(14)13(8)9(15)10(16)17-4/h8H,5-6H2,1-4H3. The first kappa shape index (κ1) is 16.9. The van der Waals surface area contributed by atoms with Crippen molar-refractivity contribution in [2.24, 2.45) is 5.41 Å². The lowest BCUT2D eigenvalue weighted by Crippen LogP contribution is -2.56. The first-order chi connectivity index (χ1) is 9.15. The number of imide groups is 1. The Morgan fingerprint density at radius 2 is 2.05 bits per heavy atom. The third-order valence-corrected chi connectivity index (χ3v) is 3.71. The van der Waals surface area contributed by atoms with E-state index in [0.717, 1.165) is 23.8 Å². The highest BCUT2D eigenvalue weighted by molar-refractivity contribution is 8.23. The van der Waals surface area contributed by atoms with Crippen molar-refractivity contribution < 1.29 is 23.9 Å². The largest absolute Gasteiger partial charge is 0.478 e. The average molecular weight is 319 g/mol. The van der Waals surface area contributed by atoms with Crippen molar-refractivity contribution in [1.29, 1.82) is 0 Å². The van der Waals surface area contributed by atoms with Gasteiger partial charge in [0.25, 0.3) is 0 Å². The van der Waals surface area contributed by atoms with Gasteiger partial charge in [-0.2, -0.15) is 0 Å². The molecule has 0 aromatic heterocycles. The first-order valence-corrected chi connectivity index (χ1v) is 7.22. The number of amides is 2. The molecule has 1 unspecified atom stereocenters. The highest BCUT2D eigenvalue weighted by atomic mass is 32.2. The fourth-order valence-electron chi connectivity index (χ4n) is 1.33. The Balaban J connectivity index is 2.52. The summed E-state index contributed by atoms with van der Waals surface area (Å²) in [5, 5.41) is -0.499. The molecule has 0 bridgehead atoms. The summed E-state index contributed by atoms with van der Waals surface area (Å²) >= 11 is 6.13.